The molecule has 5 rings (SSSR count). The van der Waals surface area contributed by atoms with Gasteiger partial charge in [0.2, 0.25) is 0 Å². The van der Waals surface area contributed by atoms with E-state index >= 15 is 0 Å². The van der Waals surface area contributed by atoms with Gasteiger partial charge in [-0.3, -0.25) is 9.72 Å². The van der Waals surface area contributed by atoms with Crippen molar-refractivity contribution in [2.75, 3.05) is 69.3 Å². The van der Waals surface area contributed by atoms with Crippen molar-refractivity contribution < 1.29 is 9.84 Å². The van der Waals surface area contributed by atoms with Crippen LogP contribution in [0.1, 0.15) is 30.1 Å². The van der Waals surface area contributed by atoms with Gasteiger partial charge in [0.1, 0.15) is 11.9 Å². The average Bonchev–Trinajstić information content (AvgIpc) is 3.26. The second-order valence-electron chi connectivity index (χ2n) is 9.25. The van der Waals surface area contributed by atoms with Crippen LogP contribution < -0.4 is 15.1 Å². The van der Waals surface area contributed by atoms with Gasteiger partial charge in [-0.2, -0.15) is 0 Å². The normalized spacial score (nSPS) is 18.6. The molecule has 4 heterocycles. The van der Waals surface area contributed by atoms with Crippen molar-refractivity contribution in [1.29, 1.82) is 0 Å². The van der Waals surface area contributed by atoms with E-state index in [0.29, 0.717) is 6.54 Å². The zero-order valence-corrected chi connectivity index (χ0v) is 20.3. The summed E-state index contributed by atoms with van der Waals surface area (Å²) in [6, 6.07) is 12.8. The minimum atomic E-state index is -0.793. The van der Waals surface area contributed by atoms with Crippen LogP contribution in [0.3, 0.4) is 0 Å². The van der Waals surface area contributed by atoms with E-state index in [-0.39, 0.29) is 0 Å². The van der Waals surface area contributed by atoms with Crippen LogP contribution in [0.2, 0.25) is 0 Å². The smallest absolute Gasteiger partial charge is 0.148 e. The average molecular weight is 465 g/mol. The van der Waals surface area contributed by atoms with Gasteiger partial charge in [0.25, 0.3) is 0 Å². The van der Waals surface area contributed by atoms with Gasteiger partial charge in [0.15, 0.2) is 0 Å². The van der Waals surface area contributed by atoms with Crippen molar-refractivity contribution in [2.45, 2.75) is 26.1 Å². The van der Waals surface area contributed by atoms with Gasteiger partial charge in [-0.15, -0.1) is 0 Å². The number of aliphatic hydroxyl groups is 1. The van der Waals surface area contributed by atoms with E-state index in [4.69, 9.17) is 9.72 Å². The Hall–Kier alpha value is -2.65. The Balaban J connectivity index is 1.28. The number of pyridine rings is 1. The van der Waals surface area contributed by atoms with E-state index in [1.807, 2.05) is 10.6 Å². The van der Waals surface area contributed by atoms with E-state index < -0.39 is 6.23 Å². The number of aromatic nitrogens is 2. The first-order valence-corrected chi connectivity index (χ1v) is 12.4. The summed E-state index contributed by atoms with van der Waals surface area (Å²) in [5.41, 5.74) is 6.20. The largest absolute Gasteiger partial charge is 0.378 e. The van der Waals surface area contributed by atoms with Crippen LogP contribution in [-0.2, 0) is 17.7 Å². The number of likely N-dealkylation sites (N-methyl/N-ethyl adjacent to an activating group) is 1. The molecule has 2 aromatic heterocycles. The Morgan fingerprint density at radius 2 is 1.68 bits per heavy atom. The van der Waals surface area contributed by atoms with Crippen LogP contribution in [0.4, 0.5) is 11.4 Å². The molecule has 3 aromatic rings. The maximum atomic E-state index is 11.1. The van der Waals surface area contributed by atoms with Crippen molar-refractivity contribution in [3.63, 3.8) is 0 Å². The van der Waals surface area contributed by atoms with Gasteiger partial charge in [-0.25, -0.2) is 4.98 Å². The number of fused-ring (bicyclic) bond motifs is 1. The summed E-state index contributed by atoms with van der Waals surface area (Å²) >= 11 is 0. The number of benzene rings is 1. The predicted molar refractivity (Wildman–Crippen MR) is 136 cm³/mol. The van der Waals surface area contributed by atoms with E-state index in [1.54, 1.807) is 0 Å². The fourth-order valence-electron chi connectivity index (χ4n) is 4.87. The monoisotopic (exact) mass is 464 g/mol. The van der Waals surface area contributed by atoms with E-state index in [2.05, 4.69) is 70.4 Å². The summed E-state index contributed by atoms with van der Waals surface area (Å²) in [5.74, 6) is 0. The fraction of sp³-hybridized carbons (Fsp3) is 0.500. The summed E-state index contributed by atoms with van der Waals surface area (Å²) in [7, 11) is 2.17. The quantitative estimate of drug-likeness (QED) is 0.520. The molecule has 0 spiro atoms. The number of imidazole rings is 1. The number of hydrogen-bond acceptors (Lipinski definition) is 7. The fourth-order valence-corrected chi connectivity index (χ4v) is 4.87. The molecule has 2 saturated heterocycles. The molecule has 0 amide bonds. The van der Waals surface area contributed by atoms with Crippen LogP contribution in [-0.4, -0.2) is 78.9 Å². The SMILES string of the molecule is CCc1nc2cc(N3CCN(C)CC3)ccn2c1C(O)NCc1ccc(N2CCOCC2)cc1. The molecule has 2 aliphatic rings. The van der Waals surface area contributed by atoms with Gasteiger partial charge in [0, 0.05) is 69.5 Å². The van der Waals surface area contributed by atoms with Crippen molar-refractivity contribution in [1.82, 2.24) is 19.6 Å². The molecule has 182 valence electrons. The molecular weight excluding hydrogens is 428 g/mol. The van der Waals surface area contributed by atoms with Crippen LogP contribution in [0.5, 0.6) is 0 Å². The molecule has 34 heavy (non-hydrogen) atoms. The number of piperazine rings is 1. The first-order valence-electron chi connectivity index (χ1n) is 12.4. The molecule has 1 atom stereocenters. The van der Waals surface area contributed by atoms with E-state index in [9.17, 15) is 5.11 Å². The van der Waals surface area contributed by atoms with Gasteiger partial charge >= 0.3 is 0 Å². The highest BCUT2D eigenvalue weighted by Crippen LogP contribution is 2.25. The molecule has 2 fully saturated rings. The number of anilines is 2. The standard InChI is InChI=1S/C26H36N6O2/c1-3-23-25(32-9-8-22(18-24(32)28-23)30-12-10-29(2)11-13-30)26(33)27-19-20-4-6-21(7-5-20)31-14-16-34-17-15-31/h4-9,18,26-27,33H,3,10-17,19H2,1-2H3. The molecular formula is C26H36N6O2. The summed E-state index contributed by atoms with van der Waals surface area (Å²) in [6.07, 6.45) is 2.03. The Labute approximate surface area is 201 Å². The number of aliphatic hydroxyl groups excluding tert-OH is 1. The Morgan fingerprint density at radius 3 is 2.38 bits per heavy atom. The highest BCUT2D eigenvalue weighted by atomic mass is 16.5. The lowest BCUT2D eigenvalue weighted by molar-refractivity contribution is 0.122. The molecule has 0 bridgehead atoms. The van der Waals surface area contributed by atoms with Gasteiger partial charge in [-0.1, -0.05) is 19.1 Å². The second-order valence-corrected chi connectivity index (χ2v) is 9.25. The van der Waals surface area contributed by atoms with Crippen LogP contribution in [0.25, 0.3) is 5.65 Å². The second kappa shape index (κ2) is 10.3. The topological polar surface area (TPSA) is 68.5 Å². The third-order valence-corrected chi connectivity index (χ3v) is 7.00. The molecule has 1 unspecified atom stereocenters. The summed E-state index contributed by atoms with van der Waals surface area (Å²) in [4.78, 5) is 12.0. The van der Waals surface area contributed by atoms with Crippen molar-refractivity contribution in [3.8, 4) is 0 Å². The molecule has 0 aliphatic carbocycles. The van der Waals surface area contributed by atoms with Crippen LogP contribution >= 0.6 is 0 Å². The van der Waals surface area contributed by atoms with E-state index in [0.717, 1.165) is 81.5 Å². The maximum Gasteiger partial charge on any atom is 0.148 e. The zero-order valence-electron chi connectivity index (χ0n) is 20.3. The third-order valence-electron chi connectivity index (χ3n) is 7.00. The molecule has 2 N–H and O–H groups in total. The number of nitrogens with one attached hydrogen (secondary N) is 1. The third kappa shape index (κ3) is 4.90. The first kappa shape index (κ1) is 23.1. The summed E-state index contributed by atoms with van der Waals surface area (Å²) < 4.78 is 7.47. The highest BCUT2D eigenvalue weighted by molar-refractivity contribution is 5.58. The summed E-state index contributed by atoms with van der Waals surface area (Å²) in [6.45, 7) is 10.3. The number of aryl methyl sites for hydroxylation is 1. The minimum Gasteiger partial charge on any atom is -0.378 e. The number of rotatable bonds is 7. The van der Waals surface area contributed by atoms with Crippen molar-refractivity contribution >= 4 is 17.0 Å². The Bertz CT molecular complexity index is 1080. The number of nitrogens with zero attached hydrogens (tertiary/aromatic N) is 5. The number of morpholine rings is 1. The maximum absolute atomic E-state index is 11.1. The van der Waals surface area contributed by atoms with Gasteiger partial charge in [0.05, 0.1) is 24.6 Å². The summed E-state index contributed by atoms with van der Waals surface area (Å²) in [5, 5.41) is 14.4. The Kier molecular flexibility index (Phi) is 7.01. The van der Waals surface area contributed by atoms with Crippen LogP contribution in [0.15, 0.2) is 42.6 Å². The van der Waals surface area contributed by atoms with Gasteiger partial charge in [-0.05, 0) is 37.2 Å². The van der Waals surface area contributed by atoms with Gasteiger partial charge < -0.3 is 24.5 Å². The number of ether oxygens (including phenoxy) is 1. The highest BCUT2D eigenvalue weighted by Gasteiger charge is 2.21. The Morgan fingerprint density at radius 1 is 0.971 bits per heavy atom. The lowest BCUT2D eigenvalue weighted by atomic mass is 10.1. The lowest BCUT2D eigenvalue weighted by Gasteiger charge is -2.34. The number of hydrogen-bond donors (Lipinski definition) is 2. The van der Waals surface area contributed by atoms with Crippen molar-refractivity contribution in [3.05, 3.63) is 59.5 Å². The molecule has 8 heteroatoms. The predicted octanol–water partition coefficient (Wildman–Crippen LogP) is 2.27. The first-order chi connectivity index (χ1) is 16.6. The molecule has 8 nitrogen and oxygen atoms in total. The molecule has 0 saturated carbocycles. The minimum absolute atomic E-state index is 0.584. The van der Waals surface area contributed by atoms with E-state index in [1.165, 1.54) is 11.4 Å². The molecule has 2 aliphatic heterocycles. The lowest BCUT2D eigenvalue weighted by Crippen LogP contribution is -2.44. The zero-order chi connectivity index (χ0) is 23.5. The van der Waals surface area contributed by atoms with Crippen LogP contribution in [0, 0.1) is 0 Å². The molecule has 0 radical (unpaired) electrons. The van der Waals surface area contributed by atoms with Crippen molar-refractivity contribution in [2.24, 2.45) is 0 Å². The molecule has 1 aromatic carbocycles.